The van der Waals surface area contributed by atoms with Crippen LogP contribution in [0.3, 0.4) is 0 Å². The lowest BCUT2D eigenvalue weighted by atomic mass is 10.1. The Balaban J connectivity index is 1.86. The molecule has 1 aliphatic heterocycles. The minimum Gasteiger partial charge on any atom is -0.495 e. The van der Waals surface area contributed by atoms with Gasteiger partial charge in [0.25, 0.3) is 0 Å². The molecule has 2 aromatic rings. The van der Waals surface area contributed by atoms with E-state index in [0.717, 1.165) is 11.3 Å². The number of methoxy groups -OCH3 is 3. The quantitative estimate of drug-likeness (QED) is 0.857. The molecule has 1 fully saturated rings. The maximum absolute atomic E-state index is 12.9. The summed E-state index contributed by atoms with van der Waals surface area (Å²) in [7, 11) is 4.80. The summed E-state index contributed by atoms with van der Waals surface area (Å²) in [5.74, 6) is 2.79. The molecule has 0 bridgehead atoms. The van der Waals surface area contributed by atoms with Gasteiger partial charge in [-0.3, -0.25) is 0 Å². The summed E-state index contributed by atoms with van der Waals surface area (Å²) in [6, 6.07) is 12.9. The molecule has 138 valence electrons. The van der Waals surface area contributed by atoms with E-state index in [4.69, 9.17) is 14.2 Å². The predicted molar refractivity (Wildman–Crippen MR) is 103 cm³/mol. The van der Waals surface area contributed by atoms with Crippen LogP contribution in [0.1, 0.15) is 10.9 Å². The Bertz CT molecular complexity index is 784. The zero-order valence-electron chi connectivity index (χ0n) is 15.0. The molecule has 1 aliphatic rings. The Morgan fingerprint density at radius 3 is 2.50 bits per heavy atom. The van der Waals surface area contributed by atoms with Crippen LogP contribution in [0.5, 0.6) is 17.2 Å². The minimum absolute atomic E-state index is 0.144. The van der Waals surface area contributed by atoms with Crippen LogP contribution in [0.2, 0.25) is 0 Å². The summed E-state index contributed by atoms with van der Waals surface area (Å²) >= 11 is 1.70. The summed E-state index contributed by atoms with van der Waals surface area (Å²) < 4.78 is 16.2. The van der Waals surface area contributed by atoms with Crippen LogP contribution in [0.15, 0.2) is 42.5 Å². The highest BCUT2D eigenvalue weighted by Crippen LogP contribution is 2.45. The summed E-state index contributed by atoms with van der Waals surface area (Å²) in [4.78, 5) is 14.7. The molecule has 0 aromatic heterocycles. The lowest BCUT2D eigenvalue weighted by molar-refractivity contribution is 0.213. The van der Waals surface area contributed by atoms with Crippen molar-refractivity contribution in [3.63, 3.8) is 0 Å². The van der Waals surface area contributed by atoms with Gasteiger partial charge in [-0.1, -0.05) is 24.3 Å². The molecule has 2 amide bonds. The van der Waals surface area contributed by atoms with Gasteiger partial charge in [0.15, 0.2) is 11.5 Å². The number of carbonyl (C=O) groups excluding carboxylic acids is 1. The molecule has 0 saturated carbocycles. The molecule has 1 heterocycles. The van der Waals surface area contributed by atoms with E-state index in [0.29, 0.717) is 29.5 Å². The number of ether oxygens (including phenoxy) is 3. The van der Waals surface area contributed by atoms with Crippen LogP contribution in [0.4, 0.5) is 10.5 Å². The largest absolute Gasteiger partial charge is 0.495 e. The fraction of sp³-hybridized carbons (Fsp3) is 0.316. The highest BCUT2D eigenvalue weighted by Gasteiger charge is 2.33. The lowest BCUT2D eigenvalue weighted by Crippen LogP contribution is -2.34. The fourth-order valence-corrected chi connectivity index (χ4v) is 4.25. The standard InChI is InChI=1S/C19H22N2O4S/c1-23-15-9-5-4-8-14(15)20-19(22)21-11-12-26-18(21)13-7-6-10-16(24-2)17(13)25-3/h4-10,18H,11-12H2,1-3H3,(H,20,22). The number of rotatable bonds is 5. The van der Waals surface area contributed by atoms with E-state index in [2.05, 4.69) is 5.32 Å². The van der Waals surface area contributed by atoms with Gasteiger partial charge >= 0.3 is 6.03 Å². The van der Waals surface area contributed by atoms with Crippen molar-refractivity contribution in [2.24, 2.45) is 0 Å². The smallest absolute Gasteiger partial charge is 0.323 e. The average Bonchev–Trinajstić information content (AvgIpc) is 3.17. The topological polar surface area (TPSA) is 60.0 Å². The van der Waals surface area contributed by atoms with Crippen molar-refractivity contribution in [2.75, 3.05) is 38.9 Å². The van der Waals surface area contributed by atoms with Crippen molar-refractivity contribution in [3.05, 3.63) is 48.0 Å². The molecule has 0 aliphatic carbocycles. The normalized spacial score (nSPS) is 16.3. The van der Waals surface area contributed by atoms with Crippen molar-refractivity contribution < 1.29 is 19.0 Å². The Morgan fingerprint density at radius 2 is 1.77 bits per heavy atom. The van der Waals surface area contributed by atoms with Crippen LogP contribution < -0.4 is 19.5 Å². The third-order valence-corrected chi connectivity index (χ3v) is 5.44. The van der Waals surface area contributed by atoms with Gasteiger partial charge in [-0.25, -0.2) is 4.79 Å². The number of anilines is 1. The number of urea groups is 1. The van der Waals surface area contributed by atoms with Crippen molar-refractivity contribution in [1.82, 2.24) is 4.90 Å². The number of thioether (sulfide) groups is 1. The van der Waals surface area contributed by atoms with Gasteiger partial charge in [-0.2, -0.15) is 0 Å². The first-order chi connectivity index (χ1) is 12.7. The van der Waals surface area contributed by atoms with Crippen LogP contribution in [-0.2, 0) is 0 Å². The number of para-hydroxylation sites is 3. The van der Waals surface area contributed by atoms with E-state index in [1.165, 1.54) is 0 Å². The van der Waals surface area contributed by atoms with Crippen LogP contribution in [-0.4, -0.2) is 44.6 Å². The second kappa shape index (κ2) is 8.23. The first-order valence-corrected chi connectivity index (χ1v) is 9.27. The van der Waals surface area contributed by atoms with Crippen molar-refractivity contribution in [1.29, 1.82) is 0 Å². The maximum Gasteiger partial charge on any atom is 0.323 e. The minimum atomic E-state index is -0.172. The molecule has 26 heavy (non-hydrogen) atoms. The van der Waals surface area contributed by atoms with Gasteiger partial charge < -0.3 is 24.4 Å². The van der Waals surface area contributed by atoms with Gasteiger partial charge in [0.2, 0.25) is 0 Å². The maximum atomic E-state index is 12.9. The summed E-state index contributed by atoms with van der Waals surface area (Å²) in [5, 5.41) is 2.80. The fourth-order valence-electron chi connectivity index (χ4n) is 2.98. The SMILES string of the molecule is COc1ccccc1NC(=O)N1CCSC1c1cccc(OC)c1OC. The summed E-state index contributed by atoms with van der Waals surface area (Å²) in [5.41, 5.74) is 1.57. The first kappa shape index (κ1) is 18.3. The molecule has 1 atom stereocenters. The van der Waals surface area contributed by atoms with E-state index in [1.807, 2.05) is 42.5 Å². The van der Waals surface area contributed by atoms with Crippen LogP contribution in [0, 0.1) is 0 Å². The molecule has 2 aromatic carbocycles. The number of carbonyl (C=O) groups is 1. The Kier molecular flexibility index (Phi) is 5.78. The highest BCUT2D eigenvalue weighted by molar-refractivity contribution is 7.99. The van der Waals surface area contributed by atoms with E-state index in [-0.39, 0.29) is 11.4 Å². The number of nitrogens with zero attached hydrogens (tertiary/aromatic N) is 1. The van der Waals surface area contributed by atoms with Crippen LogP contribution >= 0.6 is 11.8 Å². The molecule has 3 rings (SSSR count). The molecule has 1 unspecified atom stereocenters. The first-order valence-electron chi connectivity index (χ1n) is 8.22. The number of nitrogens with one attached hydrogen (secondary N) is 1. The number of benzene rings is 2. The summed E-state index contributed by atoms with van der Waals surface area (Å²) in [6.45, 7) is 0.649. The molecule has 6 nitrogen and oxygen atoms in total. The van der Waals surface area contributed by atoms with E-state index in [9.17, 15) is 4.79 Å². The number of amides is 2. The third-order valence-electron chi connectivity index (χ3n) is 4.20. The highest BCUT2D eigenvalue weighted by atomic mass is 32.2. The Morgan fingerprint density at radius 1 is 1.04 bits per heavy atom. The van der Waals surface area contributed by atoms with E-state index < -0.39 is 0 Å². The van der Waals surface area contributed by atoms with Crippen molar-refractivity contribution in [3.8, 4) is 17.2 Å². The zero-order valence-corrected chi connectivity index (χ0v) is 15.8. The van der Waals surface area contributed by atoms with Gasteiger partial charge in [0, 0.05) is 17.9 Å². The van der Waals surface area contributed by atoms with E-state index in [1.54, 1.807) is 38.0 Å². The second-order valence-electron chi connectivity index (χ2n) is 5.63. The molecule has 1 N–H and O–H groups in total. The van der Waals surface area contributed by atoms with Crippen LogP contribution in [0.25, 0.3) is 0 Å². The van der Waals surface area contributed by atoms with Gasteiger partial charge in [0.1, 0.15) is 11.1 Å². The van der Waals surface area contributed by atoms with E-state index >= 15 is 0 Å². The zero-order chi connectivity index (χ0) is 18.5. The van der Waals surface area contributed by atoms with Crippen molar-refractivity contribution in [2.45, 2.75) is 5.37 Å². The second-order valence-corrected chi connectivity index (χ2v) is 6.82. The molecule has 0 spiro atoms. The third kappa shape index (κ3) is 3.53. The lowest BCUT2D eigenvalue weighted by Gasteiger charge is -2.26. The van der Waals surface area contributed by atoms with Gasteiger partial charge in [-0.15, -0.1) is 11.8 Å². The molecule has 0 radical (unpaired) electrons. The van der Waals surface area contributed by atoms with Gasteiger partial charge in [0.05, 0.1) is 27.0 Å². The predicted octanol–water partition coefficient (Wildman–Crippen LogP) is 3.99. The molecular formula is C19H22N2O4S. The van der Waals surface area contributed by atoms with Gasteiger partial charge in [-0.05, 0) is 18.2 Å². The molecule has 1 saturated heterocycles. The average molecular weight is 374 g/mol. The molecule has 7 heteroatoms. The van der Waals surface area contributed by atoms with Crippen molar-refractivity contribution >= 4 is 23.5 Å². The number of hydrogen-bond acceptors (Lipinski definition) is 5. The number of hydrogen-bond donors (Lipinski definition) is 1. The molecular weight excluding hydrogens is 352 g/mol. The Hall–Kier alpha value is -2.54. The Labute approximate surface area is 157 Å². The monoisotopic (exact) mass is 374 g/mol. The summed E-state index contributed by atoms with van der Waals surface area (Å²) in [6.07, 6.45) is 0.